The largest absolute Gasteiger partial charge is 0.399 e. The van der Waals surface area contributed by atoms with Gasteiger partial charge in [-0.3, -0.25) is 0 Å². The summed E-state index contributed by atoms with van der Waals surface area (Å²) in [5, 5.41) is 3.58. The molecule has 5 N–H and O–H groups in total. The molecule has 0 saturated heterocycles. The van der Waals surface area contributed by atoms with Crippen LogP contribution in [-0.4, -0.2) is 0 Å². The van der Waals surface area contributed by atoms with Gasteiger partial charge in [-0.25, -0.2) is 0 Å². The Bertz CT molecular complexity index is 1070. The Morgan fingerprint density at radius 3 is 1.68 bits per heavy atom. The Kier molecular flexibility index (Phi) is 3.99. The Hall–Kier alpha value is -3.37. The van der Waals surface area contributed by atoms with E-state index in [1.54, 1.807) is 11.8 Å². The van der Waals surface area contributed by atoms with E-state index in [9.17, 15) is 0 Å². The summed E-state index contributed by atoms with van der Waals surface area (Å²) in [6.07, 6.45) is 0. The van der Waals surface area contributed by atoms with Gasteiger partial charge in [0.1, 0.15) is 0 Å². The Balaban J connectivity index is 1.47. The van der Waals surface area contributed by atoms with E-state index in [1.807, 2.05) is 24.3 Å². The van der Waals surface area contributed by atoms with Gasteiger partial charge in [-0.1, -0.05) is 48.2 Å². The third-order valence-corrected chi connectivity index (χ3v) is 6.07. The van der Waals surface area contributed by atoms with Crippen LogP contribution in [0.25, 0.3) is 22.3 Å². The van der Waals surface area contributed by atoms with Gasteiger partial charge in [0, 0.05) is 21.2 Å². The number of rotatable bonds is 2. The monoisotopic (exact) mass is 381 g/mol. The minimum atomic E-state index is 0.779. The molecule has 0 aromatic heterocycles. The molecule has 0 bridgehead atoms. The molecule has 3 nitrogen and oxygen atoms in total. The van der Waals surface area contributed by atoms with E-state index in [2.05, 4.69) is 66.0 Å². The smallest absolute Gasteiger partial charge is 0.0532 e. The highest BCUT2D eigenvalue weighted by Crippen LogP contribution is 2.46. The number of nitrogen functional groups attached to an aromatic ring is 2. The number of hydrogen-bond donors (Lipinski definition) is 3. The molecule has 0 atom stereocenters. The topological polar surface area (TPSA) is 64.1 Å². The first-order chi connectivity index (χ1) is 13.7. The van der Waals surface area contributed by atoms with Crippen molar-refractivity contribution in [2.75, 3.05) is 16.8 Å². The molecule has 1 aliphatic rings. The van der Waals surface area contributed by atoms with Crippen molar-refractivity contribution in [3.05, 3.63) is 84.9 Å². The summed E-state index contributed by atoms with van der Waals surface area (Å²) in [6, 6.07) is 29.0. The lowest BCUT2D eigenvalue weighted by atomic mass is 10.0. The summed E-state index contributed by atoms with van der Waals surface area (Å²) in [7, 11) is 0. The molecule has 4 heteroatoms. The summed E-state index contributed by atoms with van der Waals surface area (Å²) in [6.45, 7) is 0. The second-order valence-corrected chi connectivity index (χ2v) is 7.98. The first kappa shape index (κ1) is 16.8. The maximum atomic E-state index is 5.81. The zero-order chi connectivity index (χ0) is 19.1. The molecule has 0 saturated carbocycles. The van der Waals surface area contributed by atoms with E-state index >= 15 is 0 Å². The molecule has 136 valence electrons. The van der Waals surface area contributed by atoms with Crippen LogP contribution in [0.4, 0.5) is 22.7 Å². The molecule has 0 aliphatic carbocycles. The van der Waals surface area contributed by atoms with Gasteiger partial charge in [0.2, 0.25) is 0 Å². The van der Waals surface area contributed by atoms with E-state index in [1.165, 1.54) is 26.5 Å². The SMILES string of the molecule is Nc1ccc(-c2ccc3c(c2)Nc2ccc(-c4ccc(N)cc4)cc2S3)cc1. The molecule has 5 rings (SSSR count). The van der Waals surface area contributed by atoms with Gasteiger partial charge < -0.3 is 16.8 Å². The van der Waals surface area contributed by atoms with Crippen molar-refractivity contribution in [3.8, 4) is 22.3 Å². The highest BCUT2D eigenvalue weighted by atomic mass is 32.2. The molecule has 4 aromatic carbocycles. The molecule has 0 fully saturated rings. The lowest BCUT2D eigenvalue weighted by Crippen LogP contribution is -2.00. The predicted octanol–water partition coefficient (Wildman–Crippen LogP) is 6.39. The van der Waals surface area contributed by atoms with Crippen molar-refractivity contribution in [3.63, 3.8) is 0 Å². The fourth-order valence-corrected chi connectivity index (χ4v) is 4.41. The van der Waals surface area contributed by atoms with E-state index in [0.717, 1.165) is 28.3 Å². The van der Waals surface area contributed by atoms with Gasteiger partial charge in [-0.2, -0.15) is 0 Å². The second-order valence-electron chi connectivity index (χ2n) is 6.89. The Morgan fingerprint density at radius 2 is 1.04 bits per heavy atom. The van der Waals surface area contributed by atoms with Gasteiger partial charge in [-0.15, -0.1) is 0 Å². The number of benzene rings is 4. The minimum Gasteiger partial charge on any atom is -0.399 e. The van der Waals surface area contributed by atoms with Crippen LogP contribution in [-0.2, 0) is 0 Å². The lowest BCUT2D eigenvalue weighted by molar-refractivity contribution is 1.31. The number of hydrogen-bond acceptors (Lipinski definition) is 4. The summed E-state index contributed by atoms with van der Waals surface area (Å²) >= 11 is 1.79. The molecule has 4 aromatic rings. The molecule has 0 unspecified atom stereocenters. The van der Waals surface area contributed by atoms with Crippen molar-refractivity contribution in [1.82, 2.24) is 0 Å². The number of anilines is 4. The normalized spacial score (nSPS) is 12.0. The highest BCUT2D eigenvalue weighted by molar-refractivity contribution is 7.99. The first-order valence-electron chi connectivity index (χ1n) is 9.10. The molecule has 0 spiro atoms. The fourth-order valence-electron chi connectivity index (χ4n) is 3.40. The van der Waals surface area contributed by atoms with Crippen LogP contribution < -0.4 is 16.8 Å². The van der Waals surface area contributed by atoms with Gasteiger partial charge in [-0.05, 0) is 70.8 Å². The van der Waals surface area contributed by atoms with E-state index in [4.69, 9.17) is 11.5 Å². The molecule has 28 heavy (non-hydrogen) atoms. The first-order valence-corrected chi connectivity index (χ1v) is 9.92. The average molecular weight is 382 g/mol. The quantitative estimate of drug-likeness (QED) is 0.310. The maximum absolute atomic E-state index is 5.81. The molecular weight excluding hydrogens is 362 g/mol. The molecule has 0 radical (unpaired) electrons. The van der Waals surface area contributed by atoms with Crippen LogP contribution in [0.1, 0.15) is 0 Å². The van der Waals surface area contributed by atoms with Crippen LogP contribution in [0.3, 0.4) is 0 Å². The van der Waals surface area contributed by atoms with E-state index in [0.29, 0.717) is 0 Å². The van der Waals surface area contributed by atoms with Gasteiger partial charge in [0.25, 0.3) is 0 Å². The summed E-state index contributed by atoms with van der Waals surface area (Å²) in [5.74, 6) is 0. The zero-order valence-corrected chi connectivity index (χ0v) is 16.0. The number of nitrogens with one attached hydrogen (secondary N) is 1. The third kappa shape index (κ3) is 3.08. The number of fused-ring (bicyclic) bond motifs is 2. The Morgan fingerprint density at radius 1 is 0.500 bits per heavy atom. The zero-order valence-electron chi connectivity index (χ0n) is 15.1. The van der Waals surface area contributed by atoms with Crippen molar-refractivity contribution >= 4 is 34.5 Å². The van der Waals surface area contributed by atoms with Crippen molar-refractivity contribution in [2.45, 2.75) is 9.79 Å². The lowest BCUT2D eigenvalue weighted by Gasteiger charge is -2.22. The van der Waals surface area contributed by atoms with E-state index < -0.39 is 0 Å². The van der Waals surface area contributed by atoms with Crippen LogP contribution >= 0.6 is 11.8 Å². The van der Waals surface area contributed by atoms with Gasteiger partial charge >= 0.3 is 0 Å². The van der Waals surface area contributed by atoms with Crippen molar-refractivity contribution in [1.29, 1.82) is 0 Å². The standard InChI is InChI=1S/C24H19N3S/c25-19-7-1-15(2-8-19)17-6-12-23-22(13-17)27-21-11-5-18(14-24(21)28-23)16-3-9-20(26)10-4-16/h1-14,27H,25-26H2. The molecule has 1 heterocycles. The maximum Gasteiger partial charge on any atom is 0.0532 e. The summed E-state index contributed by atoms with van der Waals surface area (Å²) < 4.78 is 0. The minimum absolute atomic E-state index is 0.779. The van der Waals surface area contributed by atoms with Gasteiger partial charge in [0.15, 0.2) is 0 Å². The second kappa shape index (κ2) is 6.66. The van der Waals surface area contributed by atoms with Crippen LogP contribution in [0.2, 0.25) is 0 Å². The third-order valence-electron chi connectivity index (χ3n) is 4.94. The van der Waals surface area contributed by atoms with Crippen LogP contribution in [0.5, 0.6) is 0 Å². The van der Waals surface area contributed by atoms with Crippen LogP contribution in [0.15, 0.2) is 94.7 Å². The van der Waals surface area contributed by atoms with Gasteiger partial charge in [0.05, 0.1) is 11.4 Å². The van der Waals surface area contributed by atoms with E-state index in [-0.39, 0.29) is 0 Å². The molecular formula is C24H19N3S. The van der Waals surface area contributed by atoms with Crippen molar-refractivity contribution < 1.29 is 0 Å². The summed E-state index contributed by atoms with van der Waals surface area (Å²) in [5.41, 5.74) is 20.1. The molecule has 0 amide bonds. The predicted molar refractivity (Wildman–Crippen MR) is 120 cm³/mol. The van der Waals surface area contributed by atoms with Crippen molar-refractivity contribution in [2.24, 2.45) is 0 Å². The summed E-state index contributed by atoms with van der Waals surface area (Å²) in [4.78, 5) is 2.45. The van der Waals surface area contributed by atoms with Crippen LogP contribution in [0, 0.1) is 0 Å². The number of nitrogens with two attached hydrogens (primary N) is 2. The Labute approximate surface area is 168 Å². The molecule has 1 aliphatic heterocycles. The average Bonchev–Trinajstić information content (AvgIpc) is 2.72. The highest BCUT2D eigenvalue weighted by Gasteiger charge is 2.17. The fraction of sp³-hybridized carbons (Fsp3) is 0.